The Balaban J connectivity index is 2.54. The number of aryl methyl sites for hydroxylation is 2. The van der Waals surface area contributed by atoms with Crippen molar-refractivity contribution in [3.8, 4) is 0 Å². The van der Waals surface area contributed by atoms with Gasteiger partial charge in [0.1, 0.15) is 0 Å². The van der Waals surface area contributed by atoms with Crippen LogP contribution < -0.4 is 5.32 Å². The minimum absolute atomic E-state index is 0.516. The van der Waals surface area contributed by atoms with Crippen molar-refractivity contribution in [2.45, 2.75) is 53.0 Å². The van der Waals surface area contributed by atoms with Crippen LogP contribution in [0.15, 0.2) is 18.2 Å². The van der Waals surface area contributed by atoms with Crippen LogP contribution >= 0.6 is 0 Å². The topological polar surface area (TPSA) is 21.3 Å². The number of ether oxygens (including phenoxy) is 1. The highest BCUT2D eigenvalue weighted by Gasteiger charge is 2.10. The minimum atomic E-state index is 0.516. The summed E-state index contributed by atoms with van der Waals surface area (Å²) in [6, 6.07) is 7.24. The van der Waals surface area contributed by atoms with Crippen molar-refractivity contribution in [3.05, 3.63) is 34.9 Å². The molecule has 0 aliphatic heterocycles. The van der Waals surface area contributed by atoms with Gasteiger partial charge in [-0.25, -0.2) is 0 Å². The maximum atomic E-state index is 5.61. The van der Waals surface area contributed by atoms with Gasteiger partial charge in [-0.15, -0.1) is 0 Å². The van der Waals surface area contributed by atoms with Gasteiger partial charge in [-0.2, -0.15) is 0 Å². The summed E-state index contributed by atoms with van der Waals surface area (Å²) in [6.45, 7) is 11.4. The van der Waals surface area contributed by atoms with E-state index in [0.717, 1.165) is 39.0 Å². The van der Waals surface area contributed by atoms with Gasteiger partial charge >= 0.3 is 0 Å². The average molecular weight is 263 g/mol. The summed E-state index contributed by atoms with van der Waals surface area (Å²) in [5.74, 6) is 0. The molecule has 0 heterocycles. The summed E-state index contributed by atoms with van der Waals surface area (Å²) in [6.07, 6.45) is 3.28. The van der Waals surface area contributed by atoms with E-state index >= 15 is 0 Å². The second-order valence-electron chi connectivity index (χ2n) is 5.29. The maximum Gasteiger partial charge on any atom is 0.0480 e. The molecule has 1 aromatic rings. The molecule has 0 fully saturated rings. The Kier molecular flexibility index (Phi) is 7.76. The summed E-state index contributed by atoms with van der Waals surface area (Å²) in [5.41, 5.74) is 4.20. The Morgan fingerprint density at radius 2 is 1.95 bits per heavy atom. The van der Waals surface area contributed by atoms with E-state index in [0.29, 0.717) is 6.04 Å². The van der Waals surface area contributed by atoms with Crippen molar-refractivity contribution in [2.24, 2.45) is 0 Å². The second kappa shape index (κ2) is 9.11. The van der Waals surface area contributed by atoms with E-state index in [2.05, 4.69) is 51.2 Å². The average Bonchev–Trinajstić information content (AvgIpc) is 2.39. The molecule has 0 amide bonds. The van der Waals surface area contributed by atoms with Crippen LogP contribution in [0.4, 0.5) is 0 Å². The lowest BCUT2D eigenvalue weighted by Crippen LogP contribution is -2.32. The van der Waals surface area contributed by atoms with Gasteiger partial charge in [0.15, 0.2) is 0 Å². The normalized spacial score (nSPS) is 12.6. The fourth-order valence-electron chi connectivity index (χ4n) is 2.32. The monoisotopic (exact) mass is 263 g/mol. The van der Waals surface area contributed by atoms with Crippen molar-refractivity contribution in [3.63, 3.8) is 0 Å². The van der Waals surface area contributed by atoms with Crippen LogP contribution in [0.25, 0.3) is 0 Å². The van der Waals surface area contributed by atoms with Gasteiger partial charge < -0.3 is 10.1 Å². The molecule has 0 saturated heterocycles. The fraction of sp³-hybridized carbons (Fsp3) is 0.647. The number of rotatable bonds is 9. The van der Waals surface area contributed by atoms with Crippen molar-refractivity contribution in [2.75, 3.05) is 19.8 Å². The Morgan fingerprint density at radius 1 is 1.16 bits per heavy atom. The first-order valence-corrected chi connectivity index (χ1v) is 7.54. The number of hydrogen-bond donors (Lipinski definition) is 1. The molecule has 1 N–H and O–H groups in total. The predicted octanol–water partition coefficient (Wildman–Crippen LogP) is 3.64. The largest absolute Gasteiger partial charge is 0.381 e. The smallest absolute Gasteiger partial charge is 0.0480 e. The third-order valence-corrected chi connectivity index (χ3v) is 3.42. The molecule has 0 bridgehead atoms. The van der Waals surface area contributed by atoms with Crippen LogP contribution in [0, 0.1) is 13.8 Å². The summed E-state index contributed by atoms with van der Waals surface area (Å²) in [7, 11) is 0. The van der Waals surface area contributed by atoms with Crippen molar-refractivity contribution in [1.82, 2.24) is 5.32 Å². The van der Waals surface area contributed by atoms with Crippen LogP contribution in [0.3, 0.4) is 0 Å². The van der Waals surface area contributed by atoms with E-state index in [1.165, 1.54) is 16.7 Å². The molecule has 1 atom stereocenters. The van der Waals surface area contributed by atoms with Gasteiger partial charge in [-0.1, -0.05) is 37.6 Å². The fourth-order valence-corrected chi connectivity index (χ4v) is 2.32. The molecule has 0 aliphatic rings. The lowest BCUT2D eigenvalue weighted by molar-refractivity contribution is 0.124. The predicted molar refractivity (Wildman–Crippen MR) is 82.8 cm³/mol. The molecule has 0 aromatic heterocycles. The second-order valence-corrected chi connectivity index (χ2v) is 5.29. The SMILES string of the molecule is CCCOCCC(Cc1cc(C)ccc1C)NCC. The molecular formula is C17H29NO. The zero-order valence-corrected chi connectivity index (χ0v) is 13.0. The molecule has 1 unspecified atom stereocenters. The maximum absolute atomic E-state index is 5.61. The summed E-state index contributed by atoms with van der Waals surface area (Å²) in [4.78, 5) is 0. The molecule has 1 aromatic carbocycles. The van der Waals surface area contributed by atoms with Gasteiger partial charge in [0, 0.05) is 19.3 Å². The Morgan fingerprint density at radius 3 is 2.63 bits per heavy atom. The molecule has 0 saturated carbocycles. The molecule has 0 aliphatic carbocycles. The molecular weight excluding hydrogens is 234 g/mol. The molecule has 0 radical (unpaired) electrons. The van der Waals surface area contributed by atoms with E-state index in [1.807, 2.05) is 0 Å². The number of benzene rings is 1. The first-order chi connectivity index (χ1) is 9.17. The third-order valence-electron chi connectivity index (χ3n) is 3.42. The summed E-state index contributed by atoms with van der Waals surface area (Å²) < 4.78 is 5.61. The van der Waals surface area contributed by atoms with E-state index in [1.54, 1.807) is 0 Å². The summed E-state index contributed by atoms with van der Waals surface area (Å²) in [5, 5.41) is 3.57. The molecule has 1 rings (SSSR count). The number of hydrogen-bond acceptors (Lipinski definition) is 2. The first-order valence-electron chi connectivity index (χ1n) is 7.54. The highest BCUT2D eigenvalue weighted by molar-refractivity contribution is 5.31. The molecule has 108 valence electrons. The molecule has 19 heavy (non-hydrogen) atoms. The highest BCUT2D eigenvalue weighted by Crippen LogP contribution is 2.14. The third kappa shape index (κ3) is 6.22. The molecule has 2 heteroatoms. The minimum Gasteiger partial charge on any atom is -0.381 e. The van der Waals surface area contributed by atoms with E-state index in [9.17, 15) is 0 Å². The van der Waals surface area contributed by atoms with Crippen molar-refractivity contribution < 1.29 is 4.74 Å². The van der Waals surface area contributed by atoms with Gasteiger partial charge in [0.05, 0.1) is 0 Å². The van der Waals surface area contributed by atoms with Crippen LogP contribution in [-0.2, 0) is 11.2 Å². The summed E-state index contributed by atoms with van der Waals surface area (Å²) >= 11 is 0. The Hall–Kier alpha value is -0.860. The number of nitrogens with one attached hydrogen (secondary N) is 1. The van der Waals surface area contributed by atoms with Crippen LogP contribution in [0.2, 0.25) is 0 Å². The zero-order chi connectivity index (χ0) is 14.1. The highest BCUT2D eigenvalue weighted by atomic mass is 16.5. The number of likely N-dealkylation sites (N-methyl/N-ethyl adjacent to an activating group) is 1. The molecule has 0 spiro atoms. The quantitative estimate of drug-likeness (QED) is 0.687. The Labute approximate surface area is 118 Å². The van der Waals surface area contributed by atoms with E-state index < -0.39 is 0 Å². The van der Waals surface area contributed by atoms with Gasteiger partial charge in [-0.3, -0.25) is 0 Å². The van der Waals surface area contributed by atoms with Gasteiger partial charge in [0.2, 0.25) is 0 Å². The van der Waals surface area contributed by atoms with Gasteiger partial charge in [0.25, 0.3) is 0 Å². The van der Waals surface area contributed by atoms with Crippen LogP contribution in [-0.4, -0.2) is 25.8 Å². The lowest BCUT2D eigenvalue weighted by atomic mass is 9.97. The zero-order valence-electron chi connectivity index (χ0n) is 13.0. The van der Waals surface area contributed by atoms with E-state index in [-0.39, 0.29) is 0 Å². The standard InChI is InChI=1S/C17H29NO/c1-5-10-19-11-9-17(18-6-2)13-16-12-14(3)7-8-15(16)4/h7-8,12,17-18H,5-6,9-11,13H2,1-4H3. The van der Waals surface area contributed by atoms with E-state index in [4.69, 9.17) is 4.74 Å². The lowest BCUT2D eigenvalue weighted by Gasteiger charge is -2.19. The Bertz CT molecular complexity index is 362. The molecule has 2 nitrogen and oxygen atoms in total. The van der Waals surface area contributed by atoms with Crippen molar-refractivity contribution >= 4 is 0 Å². The van der Waals surface area contributed by atoms with Gasteiger partial charge in [-0.05, 0) is 50.8 Å². The van der Waals surface area contributed by atoms with Crippen LogP contribution in [0.5, 0.6) is 0 Å². The van der Waals surface area contributed by atoms with Crippen LogP contribution in [0.1, 0.15) is 43.4 Å². The van der Waals surface area contributed by atoms with Crippen molar-refractivity contribution in [1.29, 1.82) is 0 Å². The first kappa shape index (κ1) is 16.2.